The first-order valence-electron chi connectivity index (χ1n) is 5.56. The van der Waals surface area contributed by atoms with Gasteiger partial charge in [0.1, 0.15) is 0 Å². The molecule has 1 aromatic rings. The Morgan fingerprint density at radius 3 is 1.67 bits per heavy atom. The van der Waals surface area contributed by atoms with Crippen LogP contribution in [0.2, 0.25) is 0 Å². The van der Waals surface area contributed by atoms with Crippen LogP contribution in [-0.2, 0) is 0 Å². The molecule has 0 aromatic heterocycles. The summed E-state index contributed by atoms with van der Waals surface area (Å²) in [5.41, 5.74) is 1.17. The van der Waals surface area contributed by atoms with Crippen LogP contribution in [0.3, 0.4) is 0 Å². The summed E-state index contributed by atoms with van der Waals surface area (Å²) >= 11 is 2.07. The van der Waals surface area contributed by atoms with Gasteiger partial charge in [-0.25, -0.2) is 0 Å². The smallest absolute Gasteiger partial charge is 0.418 e. The molecule has 0 aliphatic carbocycles. The summed E-state index contributed by atoms with van der Waals surface area (Å²) in [5, 5.41) is 0. The fourth-order valence-electron chi connectivity index (χ4n) is 1.10. The van der Waals surface area contributed by atoms with E-state index in [0.29, 0.717) is 0 Å². The van der Waals surface area contributed by atoms with E-state index in [4.69, 9.17) is 0 Å². The second kappa shape index (κ2) is 10.1. The van der Waals surface area contributed by atoms with Crippen LogP contribution >= 0.6 is 11.8 Å². The quantitative estimate of drug-likeness (QED) is 0.506. The van der Waals surface area contributed by atoms with Crippen LogP contribution in [0.4, 0.5) is 17.3 Å². The predicted octanol–water partition coefficient (Wildman–Crippen LogP) is 5.14. The topological polar surface area (TPSA) is 0 Å². The van der Waals surface area contributed by atoms with Crippen molar-refractivity contribution in [3.05, 3.63) is 42.5 Å². The Labute approximate surface area is 110 Å². The SMILES string of the molecule is C1CCSC1.C=Cc1ccccc1.F[B-](F)(F)F. The fourth-order valence-corrected chi connectivity index (χ4v) is 2.12. The van der Waals surface area contributed by atoms with Gasteiger partial charge in [0.2, 0.25) is 0 Å². The van der Waals surface area contributed by atoms with Crippen molar-refractivity contribution in [1.82, 2.24) is 0 Å². The van der Waals surface area contributed by atoms with E-state index in [1.807, 2.05) is 36.4 Å². The van der Waals surface area contributed by atoms with Gasteiger partial charge in [-0.05, 0) is 29.9 Å². The molecule has 0 saturated carbocycles. The van der Waals surface area contributed by atoms with Gasteiger partial charge in [0.25, 0.3) is 0 Å². The maximum Gasteiger partial charge on any atom is 0.673 e. The summed E-state index contributed by atoms with van der Waals surface area (Å²) in [6.45, 7) is 3.63. The Morgan fingerprint density at radius 1 is 1.00 bits per heavy atom. The van der Waals surface area contributed by atoms with E-state index in [1.54, 1.807) is 0 Å². The van der Waals surface area contributed by atoms with Gasteiger partial charge in [-0.2, -0.15) is 11.8 Å². The molecule has 2 rings (SSSR count). The third-order valence-electron chi connectivity index (χ3n) is 1.86. The maximum atomic E-state index is 9.75. The number of halogens is 4. The first-order valence-corrected chi connectivity index (χ1v) is 6.71. The van der Waals surface area contributed by atoms with Crippen molar-refractivity contribution in [1.29, 1.82) is 0 Å². The molecule has 0 unspecified atom stereocenters. The number of hydrogen-bond acceptors (Lipinski definition) is 1. The Morgan fingerprint density at radius 2 is 1.44 bits per heavy atom. The minimum absolute atomic E-state index is 1.17. The third kappa shape index (κ3) is 15.1. The highest BCUT2D eigenvalue weighted by molar-refractivity contribution is 7.99. The van der Waals surface area contributed by atoms with Crippen LogP contribution in [0.5, 0.6) is 0 Å². The van der Waals surface area contributed by atoms with Crippen molar-refractivity contribution in [2.45, 2.75) is 12.8 Å². The second-order valence-corrected chi connectivity index (χ2v) is 4.65. The second-order valence-electron chi connectivity index (χ2n) is 3.43. The monoisotopic (exact) mass is 279 g/mol. The molecule has 102 valence electrons. The van der Waals surface area contributed by atoms with E-state index in [-0.39, 0.29) is 0 Å². The Bertz CT molecular complexity index is 296. The summed E-state index contributed by atoms with van der Waals surface area (Å²) in [4.78, 5) is 0. The van der Waals surface area contributed by atoms with Crippen molar-refractivity contribution in [2.75, 3.05) is 11.5 Å². The number of thioether (sulfide) groups is 1. The molecule has 0 spiro atoms. The van der Waals surface area contributed by atoms with Gasteiger partial charge in [-0.1, -0.05) is 43.0 Å². The lowest BCUT2D eigenvalue weighted by Crippen LogP contribution is -2.02. The molecular weight excluding hydrogens is 263 g/mol. The number of rotatable bonds is 1. The number of benzene rings is 1. The van der Waals surface area contributed by atoms with Gasteiger partial charge in [-0.3, -0.25) is 0 Å². The molecule has 1 aromatic carbocycles. The lowest BCUT2D eigenvalue weighted by Gasteiger charge is -1.94. The van der Waals surface area contributed by atoms with E-state index >= 15 is 0 Å². The molecule has 18 heavy (non-hydrogen) atoms. The van der Waals surface area contributed by atoms with Crippen molar-refractivity contribution in [3.63, 3.8) is 0 Å². The third-order valence-corrected chi connectivity index (χ3v) is 3.02. The average molecular weight is 279 g/mol. The molecule has 0 bridgehead atoms. The largest absolute Gasteiger partial charge is 0.673 e. The Hall–Kier alpha value is -0.905. The summed E-state index contributed by atoms with van der Waals surface area (Å²) in [7, 11) is -6.00. The summed E-state index contributed by atoms with van der Waals surface area (Å²) in [6, 6.07) is 10.0. The first-order chi connectivity index (χ1) is 8.43. The molecule has 0 nitrogen and oxygen atoms in total. The van der Waals surface area contributed by atoms with E-state index in [0.717, 1.165) is 0 Å². The standard InChI is InChI=1S/C8H8.C4H8S.BF4/c1-2-8-6-4-3-5-7-8;1-2-4-5-3-1;2-1(3,4)5/h2-7H,1H2;1-4H2;/q;;-1. The zero-order valence-corrected chi connectivity index (χ0v) is 10.8. The van der Waals surface area contributed by atoms with Crippen LogP contribution in [0, 0.1) is 0 Å². The maximum absolute atomic E-state index is 9.75. The predicted molar refractivity (Wildman–Crippen MR) is 73.3 cm³/mol. The molecule has 6 heteroatoms. The summed E-state index contributed by atoms with van der Waals surface area (Å²) in [6.07, 6.45) is 4.76. The minimum atomic E-state index is -6.00. The molecule has 1 aliphatic heterocycles. The van der Waals surface area contributed by atoms with E-state index < -0.39 is 7.25 Å². The molecule has 1 heterocycles. The highest BCUT2D eigenvalue weighted by atomic mass is 32.2. The normalized spacial score (nSPS) is 13.8. The summed E-state index contributed by atoms with van der Waals surface area (Å²) < 4.78 is 39.0. The van der Waals surface area contributed by atoms with Gasteiger partial charge in [-0.15, -0.1) is 0 Å². The van der Waals surface area contributed by atoms with Crippen molar-refractivity contribution in [2.24, 2.45) is 0 Å². The molecule has 1 saturated heterocycles. The zero-order valence-electron chi connectivity index (χ0n) is 10.00. The molecule has 0 N–H and O–H groups in total. The van der Waals surface area contributed by atoms with E-state index in [2.05, 4.69) is 18.3 Å². The van der Waals surface area contributed by atoms with Gasteiger partial charge < -0.3 is 17.3 Å². The lowest BCUT2D eigenvalue weighted by atomic mass is 10.2. The summed E-state index contributed by atoms with van der Waals surface area (Å²) in [5.74, 6) is 2.83. The highest BCUT2D eigenvalue weighted by Crippen LogP contribution is 2.14. The van der Waals surface area contributed by atoms with Gasteiger partial charge in [0.05, 0.1) is 0 Å². The van der Waals surface area contributed by atoms with E-state index in [9.17, 15) is 17.3 Å². The zero-order chi connectivity index (χ0) is 13.9. The molecule has 0 radical (unpaired) electrons. The van der Waals surface area contributed by atoms with Gasteiger partial charge in [0.15, 0.2) is 0 Å². The molecule has 1 fully saturated rings. The highest BCUT2D eigenvalue weighted by Gasteiger charge is 2.20. The fraction of sp³-hybridized carbons (Fsp3) is 0.333. The van der Waals surface area contributed by atoms with Gasteiger partial charge in [0, 0.05) is 0 Å². The molecule has 0 amide bonds. The van der Waals surface area contributed by atoms with Crippen LogP contribution in [0.25, 0.3) is 6.08 Å². The molecular formula is C12H16BF4S-. The number of hydrogen-bond donors (Lipinski definition) is 0. The van der Waals surface area contributed by atoms with Crippen LogP contribution in [0.1, 0.15) is 18.4 Å². The Balaban J connectivity index is 0.000000254. The first kappa shape index (κ1) is 17.1. The van der Waals surface area contributed by atoms with Crippen molar-refractivity contribution >= 4 is 25.1 Å². The van der Waals surface area contributed by atoms with Crippen LogP contribution in [-0.4, -0.2) is 18.8 Å². The Kier molecular flexibility index (Phi) is 9.55. The van der Waals surface area contributed by atoms with Crippen LogP contribution < -0.4 is 0 Å². The average Bonchev–Trinajstić information content (AvgIpc) is 2.86. The molecule has 0 atom stereocenters. The minimum Gasteiger partial charge on any atom is -0.418 e. The van der Waals surface area contributed by atoms with Crippen LogP contribution in [0.15, 0.2) is 36.9 Å². The van der Waals surface area contributed by atoms with Crippen molar-refractivity contribution in [3.8, 4) is 0 Å². The molecule has 1 aliphatic rings. The van der Waals surface area contributed by atoms with Gasteiger partial charge >= 0.3 is 7.25 Å². The van der Waals surface area contributed by atoms with E-state index in [1.165, 1.54) is 29.9 Å². The lowest BCUT2D eigenvalue weighted by molar-refractivity contribution is 0.368. The van der Waals surface area contributed by atoms with Crippen molar-refractivity contribution < 1.29 is 17.3 Å².